The number of carbonyl (C=O) groups excluding carboxylic acids is 2. The molecule has 0 aliphatic heterocycles. The number of hydrogen-bond donors (Lipinski definition) is 2. The summed E-state index contributed by atoms with van der Waals surface area (Å²) in [5, 5.41) is 0. The second-order valence-corrected chi connectivity index (χ2v) is 25.2. The number of esters is 2. The van der Waals surface area contributed by atoms with Gasteiger partial charge in [0.05, 0.1) is 13.2 Å². The molecule has 0 aromatic rings. The Morgan fingerprint density at radius 2 is 0.671 bits per heavy atom. The lowest BCUT2D eigenvalue weighted by molar-refractivity contribution is -0.161. The molecule has 0 aliphatic rings. The van der Waals surface area contributed by atoms with Gasteiger partial charge in [-0.2, -0.15) is 0 Å². The highest BCUT2D eigenvalue weighted by molar-refractivity contribution is 7.47. The van der Waals surface area contributed by atoms with Crippen LogP contribution in [0, 0.1) is 0 Å². The molecule has 82 heavy (non-hydrogen) atoms. The van der Waals surface area contributed by atoms with Crippen molar-refractivity contribution < 1.29 is 37.6 Å². The second-order valence-electron chi connectivity index (χ2n) is 23.7. The molecule has 0 aromatic carbocycles. The van der Waals surface area contributed by atoms with E-state index in [0.717, 1.165) is 70.6 Å². The van der Waals surface area contributed by atoms with Crippen LogP contribution in [0.15, 0.2) is 60.8 Å². The fourth-order valence-corrected chi connectivity index (χ4v) is 11.3. The minimum absolute atomic E-state index is 0.0547. The molecule has 2 atom stereocenters. The second kappa shape index (κ2) is 67.8. The maximum atomic E-state index is 12.8. The monoisotopic (exact) mass is 1170 g/mol. The zero-order chi connectivity index (χ0) is 59.4. The van der Waals surface area contributed by atoms with Crippen molar-refractivity contribution in [2.75, 3.05) is 26.4 Å². The molecule has 0 saturated carbocycles. The van der Waals surface area contributed by atoms with Gasteiger partial charge in [0.2, 0.25) is 0 Å². The van der Waals surface area contributed by atoms with E-state index in [-0.39, 0.29) is 38.6 Å². The van der Waals surface area contributed by atoms with Gasteiger partial charge in [-0.15, -0.1) is 0 Å². The summed E-state index contributed by atoms with van der Waals surface area (Å²) >= 11 is 0. The van der Waals surface area contributed by atoms with Crippen molar-refractivity contribution in [2.24, 2.45) is 5.73 Å². The predicted octanol–water partition coefficient (Wildman–Crippen LogP) is 23.0. The first-order chi connectivity index (χ1) is 40.3. The Bertz CT molecular complexity index is 1530. The van der Waals surface area contributed by atoms with Crippen molar-refractivity contribution in [3.63, 3.8) is 0 Å². The van der Waals surface area contributed by atoms with E-state index < -0.39 is 26.5 Å². The van der Waals surface area contributed by atoms with Crippen LogP contribution in [0.2, 0.25) is 0 Å². The molecule has 0 heterocycles. The number of phosphoric acid groups is 1. The zero-order valence-corrected chi connectivity index (χ0v) is 54.9. The van der Waals surface area contributed by atoms with E-state index >= 15 is 0 Å². The van der Waals surface area contributed by atoms with Crippen LogP contribution >= 0.6 is 7.82 Å². The molecule has 0 spiro atoms. The van der Waals surface area contributed by atoms with Crippen LogP contribution in [0.5, 0.6) is 0 Å². The van der Waals surface area contributed by atoms with Crippen molar-refractivity contribution in [1.82, 2.24) is 0 Å². The molecule has 3 N–H and O–H groups in total. The van der Waals surface area contributed by atoms with E-state index in [9.17, 15) is 19.0 Å². The Kier molecular flexibility index (Phi) is 65.9. The number of unbranched alkanes of at least 4 members (excludes halogenated alkanes) is 44. The largest absolute Gasteiger partial charge is 0.472 e. The van der Waals surface area contributed by atoms with E-state index in [2.05, 4.69) is 74.6 Å². The summed E-state index contributed by atoms with van der Waals surface area (Å²) in [5.74, 6) is -0.808. The average molecular weight is 1170 g/mol. The standard InChI is InChI=1S/C72H134NO8P/c1-3-5-7-9-11-13-15-17-19-21-23-25-27-29-31-33-34-35-36-37-39-41-43-45-47-49-51-53-55-57-59-61-63-65-72(75)81-70(69-80-82(76,77)79-67-66-73)68-78-71(74)64-62-60-58-56-54-52-50-48-46-44-42-40-38-32-30-28-26-24-22-20-18-16-14-12-10-8-6-4-2/h5,7,11,13,17,19,23,25,29,31,70H,3-4,6,8-10,12,14-16,18,20-22,24,26-28,30,32-69,73H2,1-2H3,(H,76,77)/b7-5-,13-11-,19-17-,25-23-,31-29-. The molecule has 9 nitrogen and oxygen atoms in total. The first-order valence-corrected chi connectivity index (χ1v) is 36.8. The lowest BCUT2D eigenvalue weighted by atomic mass is 10.0. The third-order valence-electron chi connectivity index (χ3n) is 15.7. The van der Waals surface area contributed by atoms with Crippen molar-refractivity contribution in [1.29, 1.82) is 0 Å². The Morgan fingerprint density at radius 3 is 1.00 bits per heavy atom. The van der Waals surface area contributed by atoms with Gasteiger partial charge >= 0.3 is 19.8 Å². The van der Waals surface area contributed by atoms with Crippen molar-refractivity contribution in [3.8, 4) is 0 Å². The highest BCUT2D eigenvalue weighted by Gasteiger charge is 2.26. The number of rotatable bonds is 67. The van der Waals surface area contributed by atoms with Gasteiger partial charge in [-0.1, -0.05) is 344 Å². The molecule has 0 rings (SSSR count). The maximum Gasteiger partial charge on any atom is 0.472 e. The van der Waals surface area contributed by atoms with Crippen LogP contribution in [0.25, 0.3) is 0 Å². The van der Waals surface area contributed by atoms with Gasteiger partial charge in [0.15, 0.2) is 6.10 Å². The Morgan fingerprint density at radius 1 is 0.378 bits per heavy atom. The minimum Gasteiger partial charge on any atom is -0.462 e. The van der Waals surface area contributed by atoms with Crippen LogP contribution in [0.4, 0.5) is 0 Å². The fourth-order valence-electron chi connectivity index (χ4n) is 10.5. The van der Waals surface area contributed by atoms with Gasteiger partial charge in [0.1, 0.15) is 6.61 Å². The van der Waals surface area contributed by atoms with Gasteiger partial charge < -0.3 is 20.1 Å². The van der Waals surface area contributed by atoms with Gasteiger partial charge in [0, 0.05) is 19.4 Å². The molecule has 0 aromatic heterocycles. The number of hydrogen-bond acceptors (Lipinski definition) is 8. The fraction of sp³-hybridized carbons (Fsp3) is 0.833. The molecule has 0 bridgehead atoms. The number of phosphoric ester groups is 1. The molecule has 0 radical (unpaired) electrons. The van der Waals surface area contributed by atoms with E-state index in [4.69, 9.17) is 24.3 Å². The summed E-state index contributed by atoms with van der Waals surface area (Å²) in [6.45, 7) is 3.70. The number of carbonyl (C=O) groups is 2. The Hall–Kier alpha value is -2.29. The SMILES string of the molecule is CC/C=C\C/C=C\C/C=C\C/C=C\C/C=C\CCCCCCCCCCCCCCCCCCCC(=O)OC(COC(=O)CCCCCCCCCCCCCCCCCCCCCCCCCCCCCC)COP(=O)(O)OCCN. The Balaban J connectivity index is 3.83. The molecule has 2 unspecified atom stereocenters. The minimum atomic E-state index is -4.39. The molecular weight excluding hydrogens is 1040 g/mol. The van der Waals surface area contributed by atoms with Gasteiger partial charge in [0.25, 0.3) is 0 Å². The molecule has 0 amide bonds. The summed E-state index contributed by atoms with van der Waals surface area (Å²) < 4.78 is 33.2. The average Bonchev–Trinajstić information content (AvgIpc) is 3.47. The number of ether oxygens (including phenoxy) is 2. The third kappa shape index (κ3) is 66.8. The first-order valence-electron chi connectivity index (χ1n) is 35.3. The van der Waals surface area contributed by atoms with E-state index in [0.29, 0.717) is 6.42 Å². The molecule has 0 fully saturated rings. The summed E-state index contributed by atoms with van der Waals surface area (Å²) in [7, 11) is -4.39. The van der Waals surface area contributed by atoms with Crippen molar-refractivity contribution >= 4 is 19.8 Å². The van der Waals surface area contributed by atoms with E-state index in [1.54, 1.807) is 0 Å². The summed E-state index contributed by atoms with van der Waals surface area (Å²) in [6, 6.07) is 0. The lowest BCUT2D eigenvalue weighted by Crippen LogP contribution is -2.29. The molecular formula is C72H134NO8P. The van der Waals surface area contributed by atoms with Gasteiger partial charge in [-0.25, -0.2) is 4.57 Å². The smallest absolute Gasteiger partial charge is 0.462 e. The molecule has 480 valence electrons. The molecule has 0 aliphatic carbocycles. The highest BCUT2D eigenvalue weighted by Crippen LogP contribution is 2.43. The molecule has 0 saturated heterocycles. The van der Waals surface area contributed by atoms with Crippen LogP contribution in [-0.4, -0.2) is 49.3 Å². The topological polar surface area (TPSA) is 134 Å². The number of nitrogens with two attached hydrogens (primary N) is 1. The molecule has 10 heteroatoms. The van der Waals surface area contributed by atoms with Crippen molar-refractivity contribution in [2.45, 2.75) is 360 Å². The highest BCUT2D eigenvalue weighted by atomic mass is 31.2. The lowest BCUT2D eigenvalue weighted by Gasteiger charge is -2.19. The van der Waals surface area contributed by atoms with Gasteiger partial charge in [-0.05, 0) is 57.8 Å². The zero-order valence-electron chi connectivity index (χ0n) is 54.0. The summed E-state index contributed by atoms with van der Waals surface area (Å²) in [5.41, 5.74) is 5.40. The Labute approximate surface area is 508 Å². The van der Waals surface area contributed by atoms with Crippen LogP contribution in [-0.2, 0) is 32.7 Å². The third-order valence-corrected chi connectivity index (χ3v) is 16.7. The van der Waals surface area contributed by atoms with Crippen LogP contribution in [0.1, 0.15) is 354 Å². The quantitative estimate of drug-likeness (QED) is 0.0264. The summed E-state index contributed by atoms with van der Waals surface area (Å²) in [4.78, 5) is 35.4. The van der Waals surface area contributed by atoms with E-state index in [1.165, 1.54) is 250 Å². The van der Waals surface area contributed by atoms with Crippen LogP contribution in [0.3, 0.4) is 0 Å². The normalized spacial score (nSPS) is 13.3. The summed E-state index contributed by atoms with van der Waals surface area (Å²) in [6.07, 6.45) is 87.5. The van der Waals surface area contributed by atoms with E-state index in [1.807, 2.05) is 0 Å². The number of allylic oxidation sites excluding steroid dienone is 10. The van der Waals surface area contributed by atoms with Gasteiger partial charge in [-0.3, -0.25) is 18.6 Å². The van der Waals surface area contributed by atoms with Crippen LogP contribution < -0.4 is 5.73 Å². The predicted molar refractivity (Wildman–Crippen MR) is 353 cm³/mol. The van der Waals surface area contributed by atoms with Crippen molar-refractivity contribution in [3.05, 3.63) is 60.8 Å². The maximum absolute atomic E-state index is 12.8. The first kappa shape index (κ1) is 79.7.